The van der Waals surface area contributed by atoms with Gasteiger partial charge in [-0.05, 0) is 25.0 Å². The molecule has 7 nitrogen and oxygen atoms in total. The van der Waals surface area contributed by atoms with Crippen molar-refractivity contribution in [2.45, 2.75) is 18.9 Å². The molecular weight excluding hydrogens is 282 g/mol. The van der Waals surface area contributed by atoms with Gasteiger partial charge in [-0.3, -0.25) is 0 Å². The third-order valence-electron chi connectivity index (χ3n) is 2.69. The van der Waals surface area contributed by atoms with Gasteiger partial charge in [0.05, 0.1) is 5.69 Å². The lowest BCUT2D eigenvalue weighted by Crippen LogP contribution is -2.42. The Labute approximate surface area is 117 Å². The van der Waals surface area contributed by atoms with Crippen LogP contribution in [0.25, 0.3) is 0 Å². The van der Waals surface area contributed by atoms with Crippen LogP contribution in [0.1, 0.15) is 12.8 Å². The molecule has 8 heteroatoms. The van der Waals surface area contributed by atoms with Crippen LogP contribution in [-0.2, 0) is 10.0 Å². The minimum atomic E-state index is -3.71. The number of hydrogen-bond donors (Lipinski definition) is 3. The number of sulfonamides is 1. The van der Waals surface area contributed by atoms with Gasteiger partial charge in [0.2, 0.25) is 10.0 Å². The fourth-order valence-electron chi connectivity index (χ4n) is 1.51. The summed E-state index contributed by atoms with van der Waals surface area (Å²) < 4.78 is 30.5. The van der Waals surface area contributed by atoms with E-state index in [-0.39, 0.29) is 18.4 Å². The zero-order valence-corrected chi connectivity index (χ0v) is 11.7. The summed E-state index contributed by atoms with van der Waals surface area (Å²) in [5, 5.41) is 2.54. The van der Waals surface area contributed by atoms with Crippen molar-refractivity contribution in [1.82, 2.24) is 10.0 Å². The van der Waals surface area contributed by atoms with Gasteiger partial charge in [-0.25, -0.2) is 17.9 Å². The Bertz CT molecular complexity index is 584. The van der Waals surface area contributed by atoms with Crippen molar-refractivity contribution >= 4 is 21.7 Å². The van der Waals surface area contributed by atoms with Crippen LogP contribution in [0.2, 0.25) is 0 Å². The molecule has 110 valence electrons. The molecular formula is C12H17N3O4S. The molecule has 1 saturated carbocycles. The molecule has 0 heterocycles. The Morgan fingerprint density at radius 3 is 2.70 bits per heavy atom. The number of anilines is 1. The molecule has 0 saturated heterocycles. The summed E-state index contributed by atoms with van der Waals surface area (Å²) in [6, 6.07) is 6.21. The third kappa shape index (κ3) is 4.61. The molecule has 4 N–H and O–H groups in total. The Morgan fingerprint density at radius 2 is 2.05 bits per heavy atom. The number of rotatable bonds is 6. The number of amides is 2. The van der Waals surface area contributed by atoms with Gasteiger partial charge in [-0.1, -0.05) is 12.1 Å². The molecule has 1 fully saturated rings. The van der Waals surface area contributed by atoms with Crippen LogP contribution in [-0.4, -0.2) is 32.9 Å². The number of hydrogen-bond acceptors (Lipinski definition) is 5. The van der Waals surface area contributed by atoms with Crippen molar-refractivity contribution in [3.8, 4) is 5.75 Å². The average molecular weight is 299 g/mol. The zero-order valence-electron chi connectivity index (χ0n) is 10.8. The highest BCUT2D eigenvalue weighted by atomic mass is 32.2. The Morgan fingerprint density at radius 1 is 1.35 bits per heavy atom. The van der Waals surface area contributed by atoms with Crippen molar-refractivity contribution in [3.63, 3.8) is 0 Å². The van der Waals surface area contributed by atoms with Crippen LogP contribution in [0.15, 0.2) is 24.3 Å². The fraction of sp³-hybridized carbons (Fsp3) is 0.417. The van der Waals surface area contributed by atoms with Crippen LogP contribution in [0.5, 0.6) is 5.75 Å². The van der Waals surface area contributed by atoms with Crippen molar-refractivity contribution in [3.05, 3.63) is 24.3 Å². The summed E-state index contributed by atoms with van der Waals surface area (Å²) in [5.41, 5.74) is 6.09. The predicted molar refractivity (Wildman–Crippen MR) is 74.8 cm³/mol. The Hall–Kier alpha value is -1.96. The maximum Gasteiger partial charge on any atom is 0.328 e. The van der Waals surface area contributed by atoms with Crippen molar-refractivity contribution in [2.24, 2.45) is 0 Å². The van der Waals surface area contributed by atoms with Gasteiger partial charge in [0.25, 0.3) is 0 Å². The molecule has 1 aromatic rings. The second-order valence-electron chi connectivity index (χ2n) is 4.55. The first-order valence-corrected chi connectivity index (χ1v) is 7.90. The molecule has 0 radical (unpaired) electrons. The molecule has 1 aromatic carbocycles. The van der Waals surface area contributed by atoms with Crippen molar-refractivity contribution in [2.75, 3.05) is 18.1 Å². The van der Waals surface area contributed by atoms with Gasteiger partial charge in [-0.15, -0.1) is 0 Å². The van der Waals surface area contributed by atoms with E-state index in [9.17, 15) is 13.2 Å². The molecule has 1 aliphatic carbocycles. The van der Waals surface area contributed by atoms with E-state index in [0.717, 1.165) is 12.8 Å². The molecule has 0 aliphatic heterocycles. The second kappa shape index (κ2) is 6.00. The van der Waals surface area contributed by atoms with Gasteiger partial charge < -0.3 is 15.8 Å². The van der Waals surface area contributed by atoms with E-state index in [1.54, 1.807) is 24.3 Å². The summed E-state index contributed by atoms with van der Waals surface area (Å²) in [7, 11) is -3.71. The van der Waals surface area contributed by atoms with Crippen LogP contribution in [0.4, 0.5) is 10.5 Å². The minimum absolute atomic E-state index is 0.0831. The lowest BCUT2D eigenvalue weighted by Gasteiger charge is -2.10. The zero-order chi connectivity index (χ0) is 14.6. The highest BCUT2D eigenvalue weighted by Crippen LogP contribution is 2.19. The van der Waals surface area contributed by atoms with Crippen LogP contribution in [0, 0.1) is 0 Å². The fourth-order valence-corrected chi connectivity index (χ4v) is 2.25. The van der Waals surface area contributed by atoms with Crippen LogP contribution in [0.3, 0.4) is 0 Å². The molecule has 2 rings (SSSR count). The van der Waals surface area contributed by atoms with E-state index < -0.39 is 16.1 Å². The van der Waals surface area contributed by atoms with E-state index in [2.05, 4.69) is 5.32 Å². The normalized spacial score (nSPS) is 14.6. The summed E-state index contributed by atoms with van der Waals surface area (Å²) in [6.45, 7) is -0.0831. The second-order valence-corrected chi connectivity index (χ2v) is 6.40. The SMILES string of the molecule is Nc1ccccc1OCCS(=O)(=O)NC(=O)NC1CC1. The topological polar surface area (TPSA) is 111 Å². The molecule has 0 aromatic heterocycles. The lowest BCUT2D eigenvalue weighted by atomic mass is 10.3. The van der Waals surface area contributed by atoms with Gasteiger partial charge in [0.1, 0.15) is 18.1 Å². The predicted octanol–water partition coefficient (Wildman–Crippen LogP) is 0.439. The van der Waals surface area contributed by atoms with Gasteiger partial charge in [-0.2, -0.15) is 0 Å². The van der Waals surface area contributed by atoms with E-state index in [0.29, 0.717) is 11.4 Å². The van der Waals surface area contributed by atoms with Crippen molar-refractivity contribution < 1.29 is 17.9 Å². The number of urea groups is 1. The maximum atomic E-state index is 11.6. The molecule has 20 heavy (non-hydrogen) atoms. The smallest absolute Gasteiger partial charge is 0.328 e. The Kier molecular flexibility index (Phi) is 4.33. The molecule has 0 atom stereocenters. The number of carbonyl (C=O) groups is 1. The maximum absolute atomic E-state index is 11.6. The first kappa shape index (κ1) is 14.4. The largest absolute Gasteiger partial charge is 0.490 e. The van der Waals surface area contributed by atoms with E-state index in [1.807, 2.05) is 4.72 Å². The van der Waals surface area contributed by atoms with Crippen LogP contribution >= 0.6 is 0 Å². The first-order chi connectivity index (χ1) is 9.46. The van der Waals surface area contributed by atoms with Crippen LogP contribution < -0.4 is 20.5 Å². The average Bonchev–Trinajstić information content (AvgIpc) is 3.14. The highest BCUT2D eigenvalue weighted by Gasteiger charge is 2.25. The third-order valence-corrected chi connectivity index (χ3v) is 3.89. The molecule has 0 spiro atoms. The number of nitrogens with one attached hydrogen (secondary N) is 2. The number of benzene rings is 1. The first-order valence-electron chi connectivity index (χ1n) is 6.24. The summed E-state index contributed by atoms with van der Waals surface area (Å²) in [4.78, 5) is 11.3. The van der Waals surface area contributed by atoms with E-state index in [4.69, 9.17) is 10.5 Å². The molecule has 0 unspecified atom stereocenters. The van der Waals surface area contributed by atoms with Gasteiger partial charge >= 0.3 is 6.03 Å². The van der Waals surface area contributed by atoms with E-state index >= 15 is 0 Å². The summed E-state index contributed by atoms with van der Waals surface area (Å²) in [6.07, 6.45) is 1.79. The molecule has 2 amide bonds. The minimum Gasteiger partial charge on any atom is -0.490 e. The monoisotopic (exact) mass is 299 g/mol. The highest BCUT2D eigenvalue weighted by molar-refractivity contribution is 7.90. The van der Waals surface area contributed by atoms with E-state index in [1.165, 1.54) is 0 Å². The summed E-state index contributed by atoms with van der Waals surface area (Å²) in [5.74, 6) is 0.101. The van der Waals surface area contributed by atoms with Crippen molar-refractivity contribution in [1.29, 1.82) is 0 Å². The number of nitrogen functional groups attached to an aromatic ring is 1. The number of ether oxygens (including phenoxy) is 1. The van der Waals surface area contributed by atoms with Gasteiger partial charge in [0, 0.05) is 6.04 Å². The number of para-hydroxylation sites is 2. The standard InChI is InChI=1S/C12H17N3O4S/c13-10-3-1-2-4-11(10)19-7-8-20(17,18)15-12(16)14-9-5-6-9/h1-4,9H,5-8,13H2,(H2,14,15,16). The number of carbonyl (C=O) groups excluding carboxylic acids is 1. The molecule has 1 aliphatic rings. The quantitative estimate of drug-likeness (QED) is 0.660. The van der Waals surface area contributed by atoms with Gasteiger partial charge in [0.15, 0.2) is 0 Å². The number of nitrogens with two attached hydrogens (primary N) is 1. The Balaban J connectivity index is 1.77. The molecule has 0 bridgehead atoms. The summed E-state index contributed by atoms with van der Waals surface area (Å²) >= 11 is 0. The lowest BCUT2D eigenvalue weighted by molar-refractivity contribution is 0.245.